The van der Waals surface area contributed by atoms with Crippen LogP contribution in [-0.2, 0) is 4.79 Å². The van der Waals surface area contributed by atoms with Gasteiger partial charge in [0.15, 0.2) is 0 Å². The third kappa shape index (κ3) is 6.10. The number of nitrogens with one attached hydrogen (secondary N) is 1. The Morgan fingerprint density at radius 1 is 1.26 bits per heavy atom. The van der Waals surface area contributed by atoms with Crippen molar-refractivity contribution in [3.63, 3.8) is 0 Å². The predicted molar refractivity (Wildman–Crippen MR) is 78.8 cm³/mol. The summed E-state index contributed by atoms with van der Waals surface area (Å²) >= 11 is 1.68. The average molecular weight is 283 g/mol. The van der Waals surface area contributed by atoms with E-state index in [4.69, 9.17) is 0 Å². The van der Waals surface area contributed by atoms with Crippen molar-refractivity contribution in [3.05, 3.63) is 30.1 Å². The van der Waals surface area contributed by atoms with Crippen LogP contribution in [0.5, 0.6) is 0 Å². The molecule has 19 heavy (non-hydrogen) atoms. The molecule has 0 bridgehead atoms. The van der Waals surface area contributed by atoms with E-state index in [1.807, 2.05) is 13.8 Å². The minimum atomic E-state index is -0.207. The Labute approximate surface area is 119 Å². The number of hydrogen-bond donors (Lipinski definition) is 1. The standard InChI is InChI=1S/C15H22FNOS/c1-3-12(4-2)15(18)17-10-5-11-19-14-8-6-13(16)7-9-14/h6-9,12H,3-5,10-11H2,1-2H3,(H,17,18). The second-order valence-electron chi connectivity index (χ2n) is 4.46. The largest absolute Gasteiger partial charge is 0.356 e. The SMILES string of the molecule is CCC(CC)C(=O)NCCCSc1ccc(F)cc1. The van der Waals surface area contributed by atoms with Gasteiger partial charge in [0.05, 0.1) is 0 Å². The first-order valence-electron chi connectivity index (χ1n) is 6.83. The van der Waals surface area contributed by atoms with Gasteiger partial charge in [-0.05, 0) is 49.3 Å². The fourth-order valence-corrected chi connectivity index (χ4v) is 2.66. The average Bonchev–Trinajstić information content (AvgIpc) is 2.42. The van der Waals surface area contributed by atoms with E-state index in [0.717, 1.165) is 29.9 Å². The maximum atomic E-state index is 12.7. The summed E-state index contributed by atoms with van der Waals surface area (Å²) in [7, 11) is 0. The fraction of sp³-hybridized carbons (Fsp3) is 0.533. The lowest BCUT2D eigenvalue weighted by Gasteiger charge is -2.12. The van der Waals surface area contributed by atoms with Crippen LogP contribution in [0.15, 0.2) is 29.2 Å². The molecule has 0 radical (unpaired) electrons. The van der Waals surface area contributed by atoms with Crippen LogP contribution in [0.3, 0.4) is 0 Å². The lowest BCUT2D eigenvalue weighted by Crippen LogP contribution is -2.31. The van der Waals surface area contributed by atoms with Gasteiger partial charge in [-0.25, -0.2) is 4.39 Å². The highest BCUT2D eigenvalue weighted by atomic mass is 32.2. The molecule has 106 valence electrons. The lowest BCUT2D eigenvalue weighted by atomic mass is 10.0. The Hall–Kier alpha value is -1.03. The maximum Gasteiger partial charge on any atom is 0.223 e. The third-order valence-corrected chi connectivity index (χ3v) is 4.16. The van der Waals surface area contributed by atoms with Crippen molar-refractivity contribution in [1.29, 1.82) is 0 Å². The number of benzene rings is 1. The number of rotatable bonds is 8. The van der Waals surface area contributed by atoms with E-state index in [2.05, 4.69) is 5.32 Å². The predicted octanol–water partition coefficient (Wildman–Crippen LogP) is 3.86. The van der Waals surface area contributed by atoms with Crippen molar-refractivity contribution in [2.75, 3.05) is 12.3 Å². The summed E-state index contributed by atoms with van der Waals surface area (Å²) in [5, 5.41) is 2.97. The van der Waals surface area contributed by atoms with Crippen LogP contribution in [0.4, 0.5) is 4.39 Å². The zero-order valence-electron chi connectivity index (χ0n) is 11.6. The van der Waals surface area contributed by atoms with Gasteiger partial charge >= 0.3 is 0 Å². The number of halogens is 1. The van der Waals surface area contributed by atoms with Crippen molar-refractivity contribution >= 4 is 17.7 Å². The molecular weight excluding hydrogens is 261 g/mol. The van der Waals surface area contributed by atoms with Crippen molar-refractivity contribution in [1.82, 2.24) is 5.32 Å². The molecule has 0 saturated carbocycles. The summed E-state index contributed by atoms with van der Waals surface area (Å²) in [5.41, 5.74) is 0. The van der Waals surface area contributed by atoms with Gasteiger partial charge in [-0.1, -0.05) is 13.8 Å². The van der Waals surface area contributed by atoms with Crippen molar-refractivity contribution in [3.8, 4) is 0 Å². The molecule has 0 aliphatic heterocycles. The molecule has 0 spiro atoms. The summed E-state index contributed by atoms with van der Waals surface area (Å²) in [4.78, 5) is 12.8. The second-order valence-corrected chi connectivity index (χ2v) is 5.63. The Morgan fingerprint density at radius 3 is 2.47 bits per heavy atom. The van der Waals surface area contributed by atoms with Crippen LogP contribution in [0, 0.1) is 11.7 Å². The third-order valence-electron chi connectivity index (χ3n) is 3.06. The molecule has 1 aromatic carbocycles. The van der Waals surface area contributed by atoms with Crippen LogP contribution < -0.4 is 5.32 Å². The number of amides is 1. The summed E-state index contributed by atoms with van der Waals surface area (Å²) in [6.07, 6.45) is 2.72. The number of hydrogen-bond acceptors (Lipinski definition) is 2. The van der Waals surface area contributed by atoms with Crippen molar-refractivity contribution in [2.24, 2.45) is 5.92 Å². The smallest absolute Gasteiger partial charge is 0.223 e. The van der Waals surface area contributed by atoms with Crippen molar-refractivity contribution < 1.29 is 9.18 Å². The van der Waals surface area contributed by atoms with Crippen LogP contribution in [0.25, 0.3) is 0 Å². The molecule has 1 aromatic rings. The molecule has 0 aliphatic rings. The minimum Gasteiger partial charge on any atom is -0.356 e. The van der Waals surface area contributed by atoms with Crippen LogP contribution >= 0.6 is 11.8 Å². The quantitative estimate of drug-likeness (QED) is 0.580. The Morgan fingerprint density at radius 2 is 1.89 bits per heavy atom. The fourth-order valence-electron chi connectivity index (χ4n) is 1.81. The Kier molecular flexibility index (Phi) is 7.56. The molecule has 0 heterocycles. The first-order chi connectivity index (χ1) is 9.17. The summed E-state index contributed by atoms with van der Waals surface area (Å²) in [5.74, 6) is 1.03. The van der Waals surface area contributed by atoms with Gasteiger partial charge in [-0.2, -0.15) is 0 Å². The van der Waals surface area contributed by atoms with Gasteiger partial charge in [0, 0.05) is 17.4 Å². The first-order valence-corrected chi connectivity index (χ1v) is 7.82. The molecule has 0 unspecified atom stereocenters. The zero-order valence-corrected chi connectivity index (χ0v) is 12.4. The highest BCUT2D eigenvalue weighted by Gasteiger charge is 2.12. The Balaban J connectivity index is 2.14. The Bertz CT molecular complexity index is 376. The van der Waals surface area contributed by atoms with E-state index >= 15 is 0 Å². The van der Waals surface area contributed by atoms with Gasteiger partial charge in [0.25, 0.3) is 0 Å². The van der Waals surface area contributed by atoms with Gasteiger partial charge < -0.3 is 5.32 Å². The zero-order chi connectivity index (χ0) is 14.1. The number of carbonyl (C=O) groups excluding carboxylic acids is 1. The molecular formula is C15H22FNOS. The first kappa shape index (κ1) is 16.0. The highest BCUT2D eigenvalue weighted by Crippen LogP contribution is 2.18. The van der Waals surface area contributed by atoms with Gasteiger partial charge in [0.1, 0.15) is 5.82 Å². The van der Waals surface area contributed by atoms with Gasteiger partial charge in [0.2, 0.25) is 5.91 Å². The van der Waals surface area contributed by atoms with E-state index in [-0.39, 0.29) is 17.6 Å². The maximum absolute atomic E-state index is 12.7. The molecule has 0 saturated heterocycles. The highest BCUT2D eigenvalue weighted by molar-refractivity contribution is 7.99. The van der Waals surface area contributed by atoms with E-state index in [1.54, 1.807) is 23.9 Å². The van der Waals surface area contributed by atoms with Crippen molar-refractivity contribution in [2.45, 2.75) is 38.0 Å². The molecule has 1 amide bonds. The summed E-state index contributed by atoms with van der Waals surface area (Å²) in [6.45, 7) is 4.79. The second kappa shape index (κ2) is 8.97. The molecule has 1 rings (SSSR count). The van der Waals surface area contributed by atoms with Crippen LogP contribution in [0.2, 0.25) is 0 Å². The number of thioether (sulfide) groups is 1. The molecule has 0 aromatic heterocycles. The summed E-state index contributed by atoms with van der Waals surface area (Å²) in [6, 6.07) is 6.50. The number of carbonyl (C=O) groups is 1. The monoisotopic (exact) mass is 283 g/mol. The van der Waals surface area contributed by atoms with E-state index in [1.165, 1.54) is 12.1 Å². The topological polar surface area (TPSA) is 29.1 Å². The minimum absolute atomic E-state index is 0.143. The van der Waals surface area contributed by atoms with E-state index < -0.39 is 0 Å². The molecule has 0 fully saturated rings. The molecule has 1 N–H and O–H groups in total. The van der Waals surface area contributed by atoms with Crippen LogP contribution in [0.1, 0.15) is 33.1 Å². The lowest BCUT2D eigenvalue weighted by molar-refractivity contribution is -0.125. The normalized spacial score (nSPS) is 10.7. The molecule has 4 heteroatoms. The molecule has 0 atom stereocenters. The van der Waals surface area contributed by atoms with Gasteiger partial charge in [-0.15, -0.1) is 11.8 Å². The van der Waals surface area contributed by atoms with E-state index in [9.17, 15) is 9.18 Å². The van der Waals surface area contributed by atoms with Gasteiger partial charge in [-0.3, -0.25) is 4.79 Å². The molecule has 0 aliphatic carbocycles. The van der Waals surface area contributed by atoms with Crippen LogP contribution in [-0.4, -0.2) is 18.2 Å². The summed E-state index contributed by atoms with van der Waals surface area (Å²) < 4.78 is 12.7. The molecule has 2 nitrogen and oxygen atoms in total. The van der Waals surface area contributed by atoms with E-state index in [0.29, 0.717) is 6.54 Å².